The van der Waals surface area contributed by atoms with E-state index in [9.17, 15) is 4.79 Å². The number of aromatic nitrogens is 4. The molecule has 0 fully saturated rings. The molecule has 0 aliphatic heterocycles. The van der Waals surface area contributed by atoms with E-state index in [-0.39, 0.29) is 12.3 Å². The van der Waals surface area contributed by atoms with Gasteiger partial charge in [0.15, 0.2) is 0 Å². The molecule has 24 heavy (non-hydrogen) atoms. The molecule has 2 aromatic heterocycles. The molecule has 0 saturated heterocycles. The first kappa shape index (κ1) is 16.1. The van der Waals surface area contributed by atoms with Crippen molar-refractivity contribution in [3.8, 4) is 5.95 Å². The molecule has 2 heterocycles. The van der Waals surface area contributed by atoms with E-state index in [1.807, 2.05) is 32.0 Å². The van der Waals surface area contributed by atoms with Crippen molar-refractivity contribution in [2.24, 2.45) is 0 Å². The van der Waals surface area contributed by atoms with Gasteiger partial charge < -0.3 is 5.32 Å². The molecular formula is C17H16ClN5O. The summed E-state index contributed by atoms with van der Waals surface area (Å²) >= 11 is 5.83. The fourth-order valence-corrected chi connectivity index (χ4v) is 2.45. The predicted octanol–water partition coefficient (Wildman–Crippen LogP) is 3.11. The standard InChI is InChI=1S/C17H16ClN5O/c1-11-7-12(2)23(22-11)17-19-9-15(10-20-17)21-16(24)8-13-3-5-14(18)6-4-13/h3-7,9-10H,8H2,1-2H3,(H,21,24). The van der Waals surface area contributed by atoms with E-state index in [4.69, 9.17) is 11.6 Å². The third-order valence-electron chi connectivity index (χ3n) is 3.40. The minimum absolute atomic E-state index is 0.139. The Kier molecular flexibility index (Phi) is 4.57. The lowest BCUT2D eigenvalue weighted by Crippen LogP contribution is -2.15. The van der Waals surface area contributed by atoms with Crippen LogP contribution in [0, 0.1) is 13.8 Å². The second kappa shape index (κ2) is 6.80. The van der Waals surface area contributed by atoms with Gasteiger partial charge in [0.1, 0.15) is 0 Å². The number of nitrogens with zero attached hydrogens (tertiary/aromatic N) is 4. The van der Waals surface area contributed by atoms with E-state index in [0.717, 1.165) is 17.0 Å². The van der Waals surface area contributed by atoms with Crippen LogP contribution in [0.2, 0.25) is 5.02 Å². The van der Waals surface area contributed by atoms with Crippen molar-refractivity contribution in [3.05, 3.63) is 64.7 Å². The second-order valence-corrected chi connectivity index (χ2v) is 5.90. The largest absolute Gasteiger partial charge is 0.323 e. The molecule has 1 N–H and O–H groups in total. The minimum atomic E-state index is -0.139. The maximum Gasteiger partial charge on any atom is 0.250 e. The van der Waals surface area contributed by atoms with Gasteiger partial charge in [-0.15, -0.1) is 0 Å². The van der Waals surface area contributed by atoms with Gasteiger partial charge in [0.05, 0.1) is 30.2 Å². The van der Waals surface area contributed by atoms with E-state index in [0.29, 0.717) is 16.7 Å². The number of rotatable bonds is 4. The highest BCUT2D eigenvalue weighted by Gasteiger charge is 2.08. The molecule has 1 aromatic carbocycles. The van der Waals surface area contributed by atoms with Crippen LogP contribution in [0.5, 0.6) is 0 Å². The van der Waals surface area contributed by atoms with E-state index >= 15 is 0 Å². The topological polar surface area (TPSA) is 72.7 Å². The number of anilines is 1. The van der Waals surface area contributed by atoms with E-state index in [1.54, 1.807) is 29.2 Å². The average Bonchev–Trinajstić information content (AvgIpc) is 2.89. The summed E-state index contributed by atoms with van der Waals surface area (Å²) in [6.07, 6.45) is 3.40. The van der Waals surface area contributed by atoms with Crippen LogP contribution in [-0.4, -0.2) is 25.7 Å². The summed E-state index contributed by atoms with van der Waals surface area (Å²) in [5.74, 6) is 0.330. The molecule has 0 bridgehead atoms. The first-order valence-electron chi connectivity index (χ1n) is 7.41. The van der Waals surface area contributed by atoms with Crippen molar-refractivity contribution in [1.29, 1.82) is 0 Å². The molecule has 0 unspecified atom stereocenters. The summed E-state index contributed by atoms with van der Waals surface area (Å²) in [6, 6.07) is 9.12. The molecule has 3 aromatic rings. The van der Waals surface area contributed by atoms with Crippen LogP contribution >= 0.6 is 11.6 Å². The lowest BCUT2D eigenvalue weighted by Gasteiger charge is -2.06. The van der Waals surface area contributed by atoms with Crippen LogP contribution < -0.4 is 5.32 Å². The third kappa shape index (κ3) is 3.78. The maximum absolute atomic E-state index is 12.1. The van der Waals surface area contributed by atoms with Crippen molar-refractivity contribution >= 4 is 23.2 Å². The zero-order valence-corrected chi connectivity index (χ0v) is 14.1. The normalized spacial score (nSPS) is 10.6. The average molecular weight is 342 g/mol. The van der Waals surface area contributed by atoms with Crippen LogP contribution in [0.15, 0.2) is 42.7 Å². The number of nitrogens with one attached hydrogen (secondary N) is 1. The monoisotopic (exact) mass is 341 g/mol. The summed E-state index contributed by atoms with van der Waals surface area (Å²) in [5, 5.41) is 7.75. The molecule has 122 valence electrons. The van der Waals surface area contributed by atoms with Gasteiger partial charge in [-0.1, -0.05) is 23.7 Å². The van der Waals surface area contributed by atoms with Gasteiger partial charge in [0.25, 0.3) is 5.95 Å². The van der Waals surface area contributed by atoms with Crippen LogP contribution in [-0.2, 0) is 11.2 Å². The van der Waals surface area contributed by atoms with Crippen molar-refractivity contribution in [2.75, 3.05) is 5.32 Å². The van der Waals surface area contributed by atoms with Crippen molar-refractivity contribution in [2.45, 2.75) is 20.3 Å². The van der Waals surface area contributed by atoms with E-state index < -0.39 is 0 Å². The highest BCUT2D eigenvalue weighted by atomic mass is 35.5. The zero-order valence-electron chi connectivity index (χ0n) is 13.3. The molecule has 0 atom stereocenters. The Balaban J connectivity index is 1.66. The smallest absolute Gasteiger partial charge is 0.250 e. The first-order valence-corrected chi connectivity index (χ1v) is 7.79. The number of carbonyl (C=O) groups excluding carboxylic acids is 1. The van der Waals surface area contributed by atoms with Gasteiger partial charge in [0, 0.05) is 10.7 Å². The molecule has 0 aliphatic rings. The molecular weight excluding hydrogens is 326 g/mol. The Labute approximate surface area is 144 Å². The molecule has 0 saturated carbocycles. The van der Waals surface area contributed by atoms with Gasteiger partial charge in [-0.3, -0.25) is 4.79 Å². The molecule has 7 heteroatoms. The quantitative estimate of drug-likeness (QED) is 0.791. The first-order chi connectivity index (χ1) is 11.5. The number of carbonyl (C=O) groups is 1. The Morgan fingerprint density at radius 1 is 1.17 bits per heavy atom. The highest BCUT2D eigenvalue weighted by Crippen LogP contribution is 2.12. The lowest BCUT2D eigenvalue weighted by atomic mass is 10.1. The number of aryl methyl sites for hydroxylation is 2. The summed E-state index contributed by atoms with van der Waals surface area (Å²) < 4.78 is 1.66. The fourth-order valence-electron chi connectivity index (χ4n) is 2.32. The Morgan fingerprint density at radius 2 is 1.83 bits per heavy atom. The van der Waals surface area contributed by atoms with Crippen LogP contribution in [0.25, 0.3) is 5.95 Å². The molecule has 0 aliphatic carbocycles. The third-order valence-corrected chi connectivity index (χ3v) is 3.65. The number of hydrogen-bond donors (Lipinski definition) is 1. The molecule has 1 amide bonds. The lowest BCUT2D eigenvalue weighted by molar-refractivity contribution is -0.115. The minimum Gasteiger partial charge on any atom is -0.323 e. The van der Waals surface area contributed by atoms with Gasteiger partial charge in [-0.2, -0.15) is 5.10 Å². The summed E-state index contributed by atoms with van der Waals surface area (Å²) in [4.78, 5) is 20.6. The predicted molar refractivity (Wildman–Crippen MR) is 92.4 cm³/mol. The zero-order chi connectivity index (χ0) is 17.1. The molecule has 0 spiro atoms. The van der Waals surface area contributed by atoms with Gasteiger partial charge in [-0.05, 0) is 37.6 Å². The molecule has 6 nitrogen and oxygen atoms in total. The SMILES string of the molecule is Cc1cc(C)n(-c2ncc(NC(=O)Cc3ccc(Cl)cc3)cn2)n1. The van der Waals surface area contributed by atoms with Gasteiger partial charge in [0.2, 0.25) is 5.91 Å². The maximum atomic E-state index is 12.1. The van der Waals surface area contributed by atoms with E-state index in [2.05, 4.69) is 20.4 Å². The number of hydrogen-bond acceptors (Lipinski definition) is 4. The summed E-state index contributed by atoms with van der Waals surface area (Å²) in [7, 11) is 0. The Bertz CT molecular complexity index is 856. The second-order valence-electron chi connectivity index (χ2n) is 5.46. The van der Waals surface area contributed by atoms with Crippen molar-refractivity contribution in [1.82, 2.24) is 19.7 Å². The fraction of sp³-hybridized carbons (Fsp3) is 0.176. The van der Waals surface area contributed by atoms with Crippen molar-refractivity contribution < 1.29 is 4.79 Å². The summed E-state index contributed by atoms with van der Waals surface area (Å²) in [5.41, 5.74) is 3.28. The highest BCUT2D eigenvalue weighted by molar-refractivity contribution is 6.30. The number of benzene rings is 1. The Morgan fingerprint density at radius 3 is 2.42 bits per heavy atom. The van der Waals surface area contributed by atoms with Crippen LogP contribution in [0.4, 0.5) is 5.69 Å². The molecule has 3 rings (SSSR count). The number of halogens is 1. The summed E-state index contributed by atoms with van der Waals surface area (Å²) in [6.45, 7) is 3.85. The Hall–Kier alpha value is -2.73. The van der Waals surface area contributed by atoms with E-state index in [1.165, 1.54) is 0 Å². The van der Waals surface area contributed by atoms with Crippen LogP contribution in [0.3, 0.4) is 0 Å². The van der Waals surface area contributed by atoms with Gasteiger partial charge >= 0.3 is 0 Å². The van der Waals surface area contributed by atoms with Gasteiger partial charge in [-0.25, -0.2) is 14.6 Å². The van der Waals surface area contributed by atoms with Crippen molar-refractivity contribution in [3.63, 3.8) is 0 Å². The molecule has 0 radical (unpaired) electrons. The number of amides is 1. The van der Waals surface area contributed by atoms with Crippen LogP contribution in [0.1, 0.15) is 17.0 Å².